The number of para-hydroxylation sites is 2. The van der Waals surface area contributed by atoms with Crippen molar-refractivity contribution in [1.82, 2.24) is 4.57 Å². The van der Waals surface area contributed by atoms with Crippen molar-refractivity contribution in [2.75, 3.05) is 0 Å². The normalized spacial score (nSPS) is 11.5. The molecule has 8 aromatic rings. The summed E-state index contributed by atoms with van der Waals surface area (Å²) in [6.07, 6.45) is 0. The Labute approximate surface area is 270 Å². The van der Waals surface area contributed by atoms with Gasteiger partial charge in [0.25, 0.3) is 0 Å². The Bertz CT molecular complexity index is 2270. The third kappa shape index (κ3) is 4.39. The maximum atomic E-state index is 10.3. The van der Waals surface area contributed by atoms with Crippen LogP contribution < -0.4 is 20.7 Å². The third-order valence-corrected chi connectivity index (χ3v) is 14.0. The Morgan fingerprint density at radius 1 is 0.435 bits per heavy atom. The van der Waals surface area contributed by atoms with Crippen LogP contribution in [0.15, 0.2) is 182 Å². The van der Waals surface area contributed by atoms with Crippen LogP contribution in [0.25, 0.3) is 38.6 Å². The molecule has 2 nitrogen and oxygen atoms in total. The van der Waals surface area contributed by atoms with Crippen LogP contribution in [0.2, 0.25) is 0 Å². The smallest absolute Gasteiger partial charge is 0.180 e. The van der Waals surface area contributed by atoms with E-state index < -0.39 is 8.07 Å². The SMILES string of the molecule is N#Cc1ccccc1[Si](c1ccccc1)(c1ccccc1)c1ccc(-c2cccc(-n3c4ccccc4c4ccccc43)c2)cc1. The zero-order valence-corrected chi connectivity index (χ0v) is 26.2. The molecular weight excluding hydrogens is 573 g/mol. The molecule has 0 saturated heterocycles. The van der Waals surface area contributed by atoms with Gasteiger partial charge in [-0.2, -0.15) is 5.26 Å². The van der Waals surface area contributed by atoms with Gasteiger partial charge in [0.2, 0.25) is 0 Å². The zero-order valence-electron chi connectivity index (χ0n) is 25.2. The van der Waals surface area contributed by atoms with Crippen molar-refractivity contribution in [3.63, 3.8) is 0 Å². The first-order valence-electron chi connectivity index (χ1n) is 15.6. The summed E-state index contributed by atoms with van der Waals surface area (Å²) in [6, 6.07) is 67.4. The van der Waals surface area contributed by atoms with Gasteiger partial charge in [0.15, 0.2) is 8.07 Å². The molecule has 0 amide bonds. The first kappa shape index (κ1) is 27.6. The van der Waals surface area contributed by atoms with E-state index in [-0.39, 0.29) is 0 Å². The Kier molecular flexibility index (Phi) is 6.91. The molecule has 7 aromatic carbocycles. The van der Waals surface area contributed by atoms with Crippen LogP contribution in [0.5, 0.6) is 0 Å². The zero-order chi connectivity index (χ0) is 30.9. The first-order chi connectivity index (χ1) is 22.8. The van der Waals surface area contributed by atoms with Crippen LogP contribution in [0.3, 0.4) is 0 Å². The second kappa shape index (κ2) is 11.5. The summed E-state index contributed by atoms with van der Waals surface area (Å²) in [6.45, 7) is 0. The largest absolute Gasteiger partial charge is 0.309 e. The molecule has 1 aromatic heterocycles. The maximum absolute atomic E-state index is 10.3. The molecule has 8 rings (SSSR count). The predicted molar refractivity (Wildman–Crippen MR) is 195 cm³/mol. The summed E-state index contributed by atoms with van der Waals surface area (Å²) in [4.78, 5) is 0. The highest BCUT2D eigenvalue weighted by molar-refractivity contribution is 7.20. The van der Waals surface area contributed by atoms with Gasteiger partial charge >= 0.3 is 0 Å². The fourth-order valence-electron chi connectivity index (χ4n) is 7.19. The molecule has 3 heteroatoms. The van der Waals surface area contributed by atoms with Gasteiger partial charge in [0.05, 0.1) is 22.7 Å². The molecule has 0 unspecified atom stereocenters. The molecular formula is C43H30N2Si. The highest BCUT2D eigenvalue weighted by Crippen LogP contribution is 2.33. The second-order valence-corrected chi connectivity index (χ2v) is 15.4. The average molecular weight is 603 g/mol. The third-order valence-electron chi connectivity index (χ3n) is 9.20. The molecule has 46 heavy (non-hydrogen) atoms. The Morgan fingerprint density at radius 2 is 0.957 bits per heavy atom. The van der Waals surface area contributed by atoms with E-state index in [9.17, 15) is 5.26 Å². The van der Waals surface area contributed by atoms with Crippen LogP contribution in [0.4, 0.5) is 0 Å². The van der Waals surface area contributed by atoms with Gasteiger partial charge in [0.1, 0.15) is 0 Å². The van der Waals surface area contributed by atoms with Gasteiger partial charge in [-0.25, -0.2) is 0 Å². The van der Waals surface area contributed by atoms with Crippen molar-refractivity contribution in [1.29, 1.82) is 5.26 Å². The van der Waals surface area contributed by atoms with Crippen LogP contribution in [0.1, 0.15) is 5.56 Å². The first-order valence-corrected chi connectivity index (χ1v) is 17.6. The van der Waals surface area contributed by atoms with Gasteiger partial charge in [0, 0.05) is 16.5 Å². The second-order valence-electron chi connectivity index (χ2n) is 11.6. The number of benzene rings is 7. The maximum Gasteiger partial charge on any atom is 0.180 e. The molecule has 0 fully saturated rings. The van der Waals surface area contributed by atoms with Crippen LogP contribution in [-0.4, -0.2) is 12.6 Å². The topological polar surface area (TPSA) is 28.7 Å². The van der Waals surface area contributed by atoms with Gasteiger partial charge in [-0.1, -0.05) is 152 Å². The van der Waals surface area contributed by atoms with Crippen LogP contribution >= 0.6 is 0 Å². The van der Waals surface area contributed by atoms with Gasteiger partial charge in [-0.15, -0.1) is 0 Å². The standard InChI is InChI=1S/C43H30N2Si/c44-31-34-14-7-12-25-43(34)46(36-17-3-1-4-18-36,37-19-5-2-6-20-37)38-28-26-32(27-29-38)33-15-13-16-35(30-33)45-41-23-10-8-21-39(41)40-22-9-11-24-42(40)45/h1-30H. The Morgan fingerprint density at radius 3 is 1.57 bits per heavy atom. The summed E-state index contributed by atoms with van der Waals surface area (Å²) in [5.74, 6) is 0. The highest BCUT2D eigenvalue weighted by Gasteiger charge is 2.42. The van der Waals surface area contributed by atoms with Crippen molar-refractivity contribution in [2.24, 2.45) is 0 Å². The summed E-state index contributed by atoms with van der Waals surface area (Å²) < 4.78 is 2.37. The molecule has 0 aliphatic heterocycles. The summed E-state index contributed by atoms with van der Waals surface area (Å²) in [5, 5.41) is 17.7. The van der Waals surface area contributed by atoms with E-state index in [4.69, 9.17) is 0 Å². The lowest BCUT2D eigenvalue weighted by molar-refractivity contribution is 1.18. The number of hydrogen-bond donors (Lipinski definition) is 0. The lowest BCUT2D eigenvalue weighted by Gasteiger charge is -2.35. The van der Waals surface area contributed by atoms with Crippen molar-refractivity contribution in [3.8, 4) is 22.9 Å². The minimum atomic E-state index is -2.83. The molecule has 0 atom stereocenters. The molecule has 0 radical (unpaired) electrons. The number of fused-ring (bicyclic) bond motifs is 3. The van der Waals surface area contributed by atoms with Gasteiger partial charge in [-0.3, -0.25) is 0 Å². The fourth-order valence-corrected chi connectivity index (χ4v) is 12.1. The Hall–Kier alpha value is -5.95. The van der Waals surface area contributed by atoms with Gasteiger partial charge in [-0.05, 0) is 62.2 Å². The van der Waals surface area contributed by atoms with E-state index in [0.29, 0.717) is 0 Å². The minimum absolute atomic E-state index is 0.727. The molecule has 0 aliphatic carbocycles. The van der Waals surface area contributed by atoms with E-state index in [1.807, 2.05) is 12.1 Å². The van der Waals surface area contributed by atoms with E-state index in [2.05, 4.69) is 180 Å². The molecule has 0 spiro atoms. The van der Waals surface area contributed by atoms with E-state index >= 15 is 0 Å². The fraction of sp³-hybridized carbons (Fsp3) is 0. The van der Waals surface area contributed by atoms with E-state index in [1.165, 1.54) is 37.4 Å². The molecule has 0 bridgehead atoms. The lowest BCUT2D eigenvalue weighted by atomic mass is 10.1. The molecule has 0 N–H and O–H groups in total. The van der Waals surface area contributed by atoms with Crippen molar-refractivity contribution in [3.05, 3.63) is 188 Å². The van der Waals surface area contributed by atoms with E-state index in [1.54, 1.807) is 0 Å². The summed E-state index contributed by atoms with van der Waals surface area (Å²) in [5.41, 5.74) is 6.59. The number of aromatic nitrogens is 1. The number of nitriles is 1. The summed E-state index contributed by atoms with van der Waals surface area (Å²) in [7, 11) is -2.83. The molecule has 0 aliphatic rings. The average Bonchev–Trinajstić information content (AvgIpc) is 3.48. The monoisotopic (exact) mass is 602 g/mol. The Balaban J connectivity index is 1.30. The molecule has 1 heterocycles. The van der Waals surface area contributed by atoms with Crippen molar-refractivity contribution >= 4 is 50.6 Å². The highest BCUT2D eigenvalue weighted by atomic mass is 28.3. The van der Waals surface area contributed by atoms with E-state index in [0.717, 1.165) is 27.6 Å². The minimum Gasteiger partial charge on any atom is -0.309 e. The predicted octanol–water partition coefficient (Wildman–Crippen LogP) is 7.70. The number of rotatable bonds is 6. The quantitative estimate of drug-likeness (QED) is 0.142. The lowest BCUT2D eigenvalue weighted by Crippen LogP contribution is -2.75. The summed E-state index contributed by atoms with van der Waals surface area (Å²) >= 11 is 0. The van der Waals surface area contributed by atoms with Gasteiger partial charge < -0.3 is 4.57 Å². The van der Waals surface area contributed by atoms with Crippen molar-refractivity contribution in [2.45, 2.75) is 0 Å². The van der Waals surface area contributed by atoms with Crippen LogP contribution in [0, 0.1) is 11.3 Å². The molecule has 0 saturated carbocycles. The number of nitrogens with zero attached hydrogens (tertiary/aromatic N) is 2. The number of hydrogen-bond acceptors (Lipinski definition) is 1. The van der Waals surface area contributed by atoms with Crippen LogP contribution in [-0.2, 0) is 0 Å². The molecule has 216 valence electrons. The van der Waals surface area contributed by atoms with Crippen molar-refractivity contribution < 1.29 is 0 Å².